The third-order valence-corrected chi connectivity index (χ3v) is 4.72. The molecule has 0 spiro atoms. The monoisotopic (exact) mass is 329 g/mol. The van der Waals surface area contributed by atoms with Crippen molar-refractivity contribution in [1.82, 2.24) is 35.0 Å². The Hall–Kier alpha value is -2.22. The van der Waals surface area contributed by atoms with Crippen molar-refractivity contribution in [1.29, 1.82) is 0 Å². The number of hydrogen-bond acceptors (Lipinski definition) is 6. The van der Waals surface area contributed by atoms with E-state index in [2.05, 4.69) is 75.3 Å². The van der Waals surface area contributed by atoms with Gasteiger partial charge in [-0.05, 0) is 31.2 Å². The number of nitrogens with zero attached hydrogens (tertiary/aromatic N) is 7. The number of aromatic nitrogens is 7. The molecule has 2 heterocycles. The Morgan fingerprint density at radius 3 is 2.48 bits per heavy atom. The minimum Gasteiger partial charge on any atom is -0.302 e. The van der Waals surface area contributed by atoms with Gasteiger partial charge in [-0.2, -0.15) is 0 Å². The lowest BCUT2D eigenvalue weighted by Crippen LogP contribution is -2.04. The number of benzene rings is 1. The summed E-state index contributed by atoms with van der Waals surface area (Å²) in [5.41, 5.74) is 2.30. The van der Waals surface area contributed by atoms with Gasteiger partial charge in [-0.1, -0.05) is 41.6 Å². The summed E-state index contributed by atoms with van der Waals surface area (Å²) in [5, 5.41) is 21.4. The Labute approximate surface area is 139 Å². The van der Waals surface area contributed by atoms with E-state index in [4.69, 9.17) is 0 Å². The van der Waals surface area contributed by atoms with Crippen molar-refractivity contribution in [3.8, 4) is 11.4 Å². The molecule has 0 bridgehead atoms. The van der Waals surface area contributed by atoms with Crippen LogP contribution in [-0.2, 0) is 13.6 Å². The molecular weight excluding hydrogens is 310 g/mol. The van der Waals surface area contributed by atoms with Crippen LogP contribution in [0.5, 0.6) is 0 Å². The summed E-state index contributed by atoms with van der Waals surface area (Å²) < 4.78 is 3.81. The second kappa shape index (κ2) is 6.49. The predicted molar refractivity (Wildman–Crippen MR) is 88.9 cm³/mol. The standard InChI is InChI=1S/C15H19N7S/c1-5-22-14(12-8-6-10(2)7-9-12)16-18-15(22)23-11(3)13-17-19-20-21(13)4/h6-9,11H,5H2,1-4H3/t11-/m0/s1. The molecule has 23 heavy (non-hydrogen) atoms. The Balaban J connectivity index is 1.89. The molecule has 8 heteroatoms. The molecule has 3 rings (SSSR count). The normalized spacial score (nSPS) is 12.5. The Morgan fingerprint density at radius 2 is 1.87 bits per heavy atom. The van der Waals surface area contributed by atoms with Gasteiger partial charge in [0.1, 0.15) is 0 Å². The molecule has 0 fully saturated rings. The van der Waals surface area contributed by atoms with Gasteiger partial charge in [-0.25, -0.2) is 4.68 Å². The quantitative estimate of drug-likeness (QED) is 0.670. The number of aryl methyl sites for hydroxylation is 2. The van der Waals surface area contributed by atoms with E-state index in [0.717, 1.165) is 28.9 Å². The van der Waals surface area contributed by atoms with Gasteiger partial charge in [0, 0.05) is 19.2 Å². The molecular formula is C15H19N7S. The van der Waals surface area contributed by atoms with Crippen molar-refractivity contribution in [2.75, 3.05) is 0 Å². The van der Waals surface area contributed by atoms with Crippen LogP contribution in [0, 0.1) is 6.92 Å². The van der Waals surface area contributed by atoms with Crippen molar-refractivity contribution >= 4 is 11.8 Å². The van der Waals surface area contributed by atoms with Gasteiger partial charge in [0.05, 0.1) is 5.25 Å². The number of tetrazole rings is 1. The summed E-state index contributed by atoms with van der Waals surface area (Å²) in [6.45, 7) is 7.05. The van der Waals surface area contributed by atoms with Crippen molar-refractivity contribution in [2.24, 2.45) is 7.05 Å². The van der Waals surface area contributed by atoms with Crippen molar-refractivity contribution < 1.29 is 0 Å². The van der Waals surface area contributed by atoms with Gasteiger partial charge in [0.2, 0.25) is 0 Å². The van der Waals surface area contributed by atoms with Crippen LogP contribution in [0.25, 0.3) is 11.4 Å². The average Bonchev–Trinajstić information content (AvgIpc) is 3.14. The molecule has 0 aliphatic carbocycles. The largest absolute Gasteiger partial charge is 0.302 e. The van der Waals surface area contributed by atoms with E-state index in [9.17, 15) is 0 Å². The summed E-state index contributed by atoms with van der Waals surface area (Å²) in [5.74, 6) is 1.70. The van der Waals surface area contributed by atoms with Crippen LogP contribution in [0.1, 0.15) is 30.5 Å². The zero-order chi connectivity index (χ0) is 16.4. The summed E-state index contributed by atoms with van der Waals surface area (Å²) in [6.07, 6.45) is 0. The van der Waals surface area contributed by atoms with Gasteiger partial charge < -0.3 is 4.57 Å². The maximum atomic E-state index is 4.38. The number of rotatable bonds is 5. The highest BCUT2D eigenvalue weighted by Crippen LogP contribution is 2.34. The highest BCUT2D eigenvalue weighted by atomic mass is 32.2. The van der Waals surface area contributed by atoms with Gasteiger partial charge in [0.15, 0.2) is 16.8 Å². The lowest BCUT2D eigenvalue weighted by molar-refractivity contribution is 0.670. The lowest BCUT2D eigenvalue weighted by Gasteiger charge is -2.11. The second-order valence-corrected chi connectivity index (χ2v) is 6.65. The molecule has 120 valence electrons. The second-order valence-electron chi connectivity index (χ2n) is 5.34. The minimum absolute atomic E-state index is 0.0929. The van der Waals surface area contributed by atoms with E-state index in [0.29, 0.717) is 0 Å². The van der Waals surface area contributed by atoms with Crippen LogP contribution in [-0.4, -0.2) is 35.0 Å². The lowest BCUT2D eigenvalue weighted by atomic mass is 10.1. The first-order valence-electron chi connectivity index (χ1n) is 7.49. The van der Waals surface area contributed by atoms with E-state index in [1.807, 2.05) is 7.05 Å². The molecule has 3 aromatic rings. The topological polar surface area (TPSA) is 74.3 Å². The Morgan fingerprint density at radius 1 is 1.13 bits per heavy atom. The minimum atomic E-state index is 0.0929. The maximum Gasteiger partial charge on any atom is 0.192 e. The Kier molecular flexibility index (Phi) is 4.42. The zero-order valence-electron chi connectivity index (χ0n) is 13.6. The summed E-state index contributed by atoms with van der Waals surface area (Å²) in [6, 6.07) is 8.33. The van der Waals surface area contributed by atoms with E-state index in [1.54, 1.807) is 16.4 Å². The molecule has 0 unspecified atom stereocenters. The fourth-order valence-electron chi connectivity index (χ4n) is 2.37. The molecule has 7 nitrogen and oxygen atoms in total. The summed E-state index contributed by atoms with van der Waals surface area (Å²) in [7, 11) is 1.84. The fourth-order valence-corrected chi connectivity index (χ4v) is 3.42. The molecule has 0 aliphatic heterocycles. The van der Waals surface area contributed by atoms with Gasteiger partial charge >= 0.3 is 0 Å². The van der Waals surface area contributed by atoms with Gasteiger partial charge in [-0.15, -0.1) is 15.3 Å². The molecule has 0 saturated heterocycles. The van der Waals surface area contributed by atoms with Crippen molar-refractivity contribution in [2.45, 2.75) is 37.7 Å². The number of hydrogen-bond donors (Lipinski definition) is 0. The summed E-state index contributed by atoms with van der Waals surface area (Å²) >= 11 is 1.61. The SMILES string of the molecule is CCn1c(S[C@@H](C)c2nnnn2C)nnc1-c1ccc(C)cc1. The van der Waals surface area contributed by atoms with Crippen molar-refractivity contribution in [3.05, 3.63) is 35.7 Å². The molecule has 0 radical (unpaired) electrons. The first kappa shape index (κ1) is 15.7. The molecule has 2 aromatic heterocycles. The number of thioether (sulfide) groups is 1. The molecule has 0 saturated carbocycles. The highest BCUT2D eigenvalue weighted by Gasteiger charge is 2.19. The van der Waals surface area contributed by atoms with Crippen LogP contribution >= 0.6 is 11.8 Å². The van der Waals surface area contributed by atoms with Crippen LogP contribution in [0.3, 0.4) is 0 Å². The van der Waals surface area contributed by atoms with Gasteiger partial charge in [-0.3, -0.25) is 0 Å². The smallest absolute Gasteiger partial charge is 0.192 e. The molecule has 0 aliphatic rings. The van der Waals surface area contributed by atoms with E-state index >= 15 is 0 Å². The first-order valence-corrected chi connectivity index (χ1v) is 8.37. The van der Waals surface area contributed by atoms with Crippen LogP contribution in [0.15, 0.2) is 29.4 Å². The van der Waals surface area contributed by atoms with Crippen LogP contribution in [0.4, 0.5) is 0 Å². The van der Waals surface area contributed by atoms with E-state index in [1.165, 1.54) is 5.56 Å². The third-order valence-electron chi connectivity index (χ3n) is 3.64. The molecule has 1 aromatic carbocycles. The van der Waals surface area contributed by atoms with Crippen molar-refractivity contribution in [3.63, 3.8) is 0 Å². The maximum absolute atomic E-state index is 4.38. The molecule has 0 N–H and O–H groups in total. The fraction of sp³-hybridized carbons (Fsp3) is 0.400. The zero-order valence-corrected chi connectivity index (χ0v) is 14.4. The van der Waals surface area contributed by atoms with E-state index < -0.39 is 0 Å². The molecule has 1 atom stereocenters. The molecule has 0 amide bonds. The van der Waals surface area contributed by atoms with E-state index in [-0.39, 0.29) is 5.25 Å². The highest BCUT2D eigenvalue weighted by molar-refractivity contribution is 7.99. The van der Waals surface area contributed by atoms with Crippen LogP contribution in [0.2, 0.25) is 0 Å². The first-order chi connectivity index (χ1) is 11.1. The third kappa shape index (κ3) is 3.12. The predicted octanol–water partition coefficient (Wildman–Crippen LogP) is 2.65. The Bertz CT molecular complexity index is 791. The van der Waals surface area contributed by atoms with Crippen LogP contribution < -0.4 is 0 Å². The average molecular weight is 329 g/mol. The van der Waals surface area contributed by atoms with Gasteiger partial charge in [0.25, 0.3) is 0 Å². The summed E-state index contributed by atoms with van der Waals surface area (Å²) in [4.78, 5) is 0.